The van der Waals surface area contributed by atoms with E-state index in [4.69, 9.17) is 4.74 Å². The number of hydrogen-bond donors (Lipinski definition) is 1. The second kappa shape index (κ2) is 8.86. The fraction of sp³-hybridized carbons (Fsp3) is 0.409. The maximum Gasteiger partial charge on any atom is 0.265 e. The lowest BCUT2D eigenvalue weighted by molar-refractivity contribution is -0.122. The van der Waals surface area contributed by atoms with Crippen LogP contribution < -0.4 is 14.4 Å². The van der Waals surface area contributed by atoms with E-state index in [1.165, 1.54) is 12.6 Å². The molecule has 0 aliphatic carbocycles. The maximum atomic E-state index is 12.7. The highest BCUT2D eigenvalue weighted by atomic mass is 32.2. The van der Waals surface area contributed by atoms with Crippen LogP contribution in [0.1, 0.15) is 39.7 Å². The van der Waals surface area contributed by atoms with Gasteiger partial charge in [0.15, 0.2) is 6.10 Å². The molecule has 7 heteroatoms. The largest absolute Gasteiger partial charge is 0.481 e. The van der Waals surface area contributed by atoms with Crippen LogP contribution in [0.25, 0.3) is 0 Å². The Kier molecular flexibility index (Phi) is 6.95. The lowest BCUT2D eigenvalue weighted by Crippen LogP contribution is -2.32. The number of nitrogens with zero attached hydrogens (tertiary/aromatic N) is 1. The minimum Gasteiger partial charge on any atom is -0.481 e. The zero-order chi connectivity index (χ0) is 21.8. The van der Waals surface area contributed by atoms with Crippen molar-refractivity contribution in [2.24, 2.45) is 0 Å². The molecule has 0 aliphatic rings. The zero-order valence-corrected chi connectivity index (χ0v) is 18.7. The van der Waals surface area contributed by atoms with E-state index in [1.807, 2.05) is 31.2 Å². The summed E-state index contributed by atoms with van der Waals surface area (Å²) < 4.78 is 30.5. The lowest BCUT2D eigenvalue weighted by atomic mass is 9.87. The van der Waals surface area contributed by atoms with Crippen molar-refractivity contribution in [3.05, 3.63) is 54.1 Å². The van der Waals surface area contributed by atoms with E-state index in [9.17, 15) is 13.2 Å². The van der Waals surface area contributed by atoms with Crippen LogP contribution in [0.15, 0.2) is 48.5 Å². The van der Waals surface area contributed by atoms with E-state index in [1.54, 1.807) is 24.3 Å². The number of benzene rings is 2. The Bertz CT molecular complexity index is 948. The zero-order valence-electron chi connectivity index (χ0n) is 17.9. The van der Waals surface area contributed by atoms with Gasteiger partial charge in [-0.05, 0) is 47.7 Å². The molecule has 1 atom stereocenters. The van der Waals surface area contributed by atoms with E-state index >= 15 is 0 Å². The fourth-order valence-electron chi connectivity index (χ4n) is 2.71. The molecule has 0 fully saturated rings. The number of rotatable bonds is 7. The summed E-state index contributed by atoms with van der Waals surface area (Å²) in [6.07, 6.45) is 0.965. The van der Waals surface area contributed by atoms with Gasteiger partial charge in [0.05, 0.1) is 11.9 Å². The van der Waals surface area contributed by atoms with Crippen molar-refractivity contribution in [1.82, 2.24) is 0 Å². The third-order valence-corrected chi connectivity index (χ3v) is 5.84. The Labute approximate surface area is 173 Å². The molecular formula is C22H30N2O4S. The molecule has 0 radical (unpaired) electrons. The number of anilines is 2. The Morgan fingerprint density at radius 3 is 2.28 bits per heavy atom. The van der Waals surface area contributed by atoms with Crippen molar-refractivity contribution < 1.29 is 17.9 Å². The maximum absolute atomic E-state index is 12.7. The molecule has 2 aromatic rings. The summed E-state index contributed by atoms with van der Waals surface area (Å²) in [7, 11) is -1.91. The summed E-state index contributed by atoms with van der Waals surface area (Å²) in [6.45, 7) is 8.29. The van der Waals surface area contributed by atoms with E-state index < -0.39 is 16.1 Å². The van der Waals surface area contributed by atoms with Gasteiger partial charge in [-0.3, -0.25) is 9.10 Å². The van der Waals surface area contributed by atoms with Crippen LogP contribution >= 0.6 is 0 Å². The SMILES string of the molecule is CC[C@@H](Oc1ccc(C(C)(C)C)cc1)C(=O)Nc1cccc(N(C)S(C)(=O)=O)c1. The number of carbonyl (C=O) groups excluding carboxylic acids is 1. The molecule has 1 N–H and O–H groups in total. The summed E-state index contributed by atoms with van der Waals surface area (Å²) in [5, 5.41) is 2.81. The van der Waals surface area contributed by atoms with Gasteiger partial charge in [-0.15, -0.1) is 0 Å². The summed E-state index contributed by atoms with van der Waals surface area (Å²) >= 11 is 0. The molecule has 0 aromatic heterocycles. The minimum absolute atomic E-state index is 0.0458. The third kappa shape index (κ3) is 6.22. The number of hydrogen-bond acceptors (Lipinski definition) is 4. The first-order valence-corrected chi connectivity index (χ1v) is 11.4. The molecule has 2 rings (SSSR count). The highest BCUT2D eigenvalue weighted by molar-refractivity contribution is 7.92. The van der Waals surface area contributed by atoms with E-state index in [2.05, 4.69) is 26.1 Å². The van der Waals surface area contributed by atoms with Gasteiger partial charge >= 0.3 is 0 Å². The molecule has 158 valence electrons. The van der Waals surface area contributed by atoms with E-state index in [-0.39, 0.29) is 11.3 Å². The molecule has 29 heavy (non-hydrogen) atoms. The Hall–Kier alpha value is -2.54. The Morgan fingerprint density at radius 1 is 1.14 bits per heavy atom. The van der Waals surface area contributed by atoms with E-state index in [0.29, 0.717) is 23.5 Å². The van der Waals surface area contributed by atoms with Crippen LogP contribution in [0.2, 0.25) is 0 Å². The number of nitrogens with one attached hydrogen (secondary N) is 1. The van der Waals surface area contributed by atoms with Crippen LogP contribution in [0, 0.1) is 0 Å². The van der Waals surface area contributed by atoms with Gasteiger partial charge in [0.2, 0.25) is 10.0 Å². The molecule has 2 aromatic carbocycles. The Morgan fingerprint density at radius 2 is 1.76 bits per heavy atom. The number of amides is 1. The number of sulfonamides is 1. The van der Waals surface area contributed by atoms with Gasteiger partial charge in [-0.2, -0.15) is 0 Å². The highest BCUT2D eigenvalue weighted by Gasteiger charge is 2.20. The minimum atomic E-state index is -3.38. The molecule has 0 aliphatic heterocycles. The average Bonchev–Trinajstić information content (AvgIpc) is 2.64. The first-order valence-electron chi connectivity index (χ1n) is 9.54. The smallest absolute Gasteiger partial charge is 0.265 e. The highest BCUT2D eigenvalue weighted by Crippen LogP contribution is 2.25. The normalized spacial score (nSPS) is 12.9. The summed E-state index contributed by atoms with van der Waals surface area (Å²) in [5.41, 5.74) is 2.21. The molecular weight excluding hydrogens is 388 g/mol. The average molecular weight is 419 g/mol. The second-order valence-electron chi connectivity index (χ2n) is 8.06. The molecule has 0 spiro atoms. The monoisotopic (exact) mass is 418 g/mol. The molecule has 0 bridgehead atoms. The summed E-state index contributed by atoms with van der Waals surface area (Å²) in [5.74, 6) is 0.345. The quantitative estimate of drug-likeness (QED) is 0.732. The van der Waals surface area contributed by atoms with Crippen molar-refractivity contribution in [1.29, 1.82) is 0 Å². The summed E-state index contributed by atoms with van der Waals surface area (Å²) in [6, 6.07) is 14.4. The van der Waals surface area contributed by atoms with Crippen molar-refractivity contribution >= 4 is 27.3 Å². The van der Waals surface area contributed by atoms with Gasteiger partial charge < -0.3 is 10.1 Å². The van der Waals surface area contributed by atoms with Crippen LogP contribution in [0.4, 0.5) is 11.4 Å². The lowest BCUT2D eigenvalue weighted by Gasteiger charge is -2.21. The molecule has 0 heterocycles. The first kappa shape index (κ1) is 22.7. The van der Waals surface area contributed by atoms with Gasteiger partial charge in [0, 0.05) is 12.7 Å². The Balaban J connectivity index is 2.10. The van der Waals surface area contributed by atoms with Gasteiger partial charge in [-0.25, -0.2) is 8.42 Å². The first-order chi connectivity index (χ1) is 13.4. The van der Waals surface area contributed by atoms with Gasteiger partial charge in [0.1, 0.15) is 5.75 Å². The fourth-order valence-corrected chi connectivity index (χ4v) is 3.21. The molecule has 1 amide bonds. The summed E-state index contributed by atoms with van der Waals surface area (Å²) in [4.78, 5) is 12.7. The van der Waals surface area contributed by atoms with Crippen molar-refractivity contribution in [3.8, 4) is 5.75 Å². The number of ether oxygens (including phenoxy) is 1. The van der Waals surface area contributed by atoms with E-state index in [0.717, 1.165) is 10.6 Å². The number of carbonyl (C=O) groups is 1. The van der Waals surface area contributed by atoms with Crippen LogP contribution in [-0.2, 0) is 20.2 Å². The molecule has 6 nitrogen and oxygen atoms in total. The van der Waals surface area contributed by atoms with Crippen molar-refractivity contribution in [2.75, 3.05) is 22.9 Å². The van der Waals surface area contributed by atoms with Crippen molar-refractivity contribution in [2.45, 2.75) is 45.6 Å². The predicted octanol–water partition coefficient (Wildman–Crippen LogP) is 4.18. The van der Waals surface area contributed by atoms with Gasteiger partial charge in [-0.1, -0.05) is 45.9 Å². The van der Waals surface area contributed by atoms with Crippen LogP contribution in [0.3, 0.4) is 0 Å². The van der Waals surface area contributed by atoms with Gasteiger partial charge in [0.25, 0.3) is 5.91 Å². The molecule has 0 saturated carbocycles. The molecule has 0 saturated heterocycles. The van der Waals surface area contributed by atoms with Crippen LogP contribution in [-0.4, -0.2) is 33.7 Å². The standard InChI is InChI=1S/C22H30N2O4S/c1-7-20(28-19-13-11-16(12-14-19)22(2,3)4)21(25)23-17-9-8-10-18(15-17)24(5)29(6,26)27/h8-15,20H,7H2,1-6H3,(H,23,25)/t20-/m1/s1. The second-order valence-corrected chi connectivity index (χ2v) is 10.1. The predicted molar refractivity (Wildman–Crippen MR) is 118 cm³/mol. The topological polar surface area (TPSA) is 75.7 Å². The third-order valence-electron chi connectivity index (χ3n) is 4.64. The molecule has 0 unspecified atom stereocenters. The van der Waals surface area contributed by atoms with Crippen LogP contribution in [0.5, 0.6) is 5.75 Å². The van der Waals surface area contributed by atoms with Crippen molar-refractivity contribution in [3.63, 3.8) is 0 Å².